The first kappa shape index (κ1) is 23.5. The number of hydrogen-bond acceptors (Lipinski definition) is 6. The molecule has 172 valence electrons. The summed E-state index contributed by atoms with van der Waals surface area (Å²) in [4.78, 5) is 30.1. The van der Waals surface area contributed by atoms with Crippen LogP contribution in [-0.4, -0.2) is 47.7 Å². The monoisotopic (exact) mass is 444 g/mol. The Hall–Kier alpha value is -3.16. The van der Waals surface area contributed by atoms with Gasteiger partial charge in [0, 0.05) is 30.8 Å². The van der Waals surface area contributed by atoms with Crippen LogP contribution in [0.3, 0.4) is 0 Å². The Morgan fingerprint density at radius 3 is 2.50 bits per heavy atom. The molecule has 2 aromatic rings. The van der Waals surface area contributed by atoms with Crippen molar-refractivity contribution in [1.29, 1.82) is 0 Å². The van der Waals surface area contributed by atoms with E-state index in [-0.39, 0.29) is 24.2 Å². The molecule has 8 heteroatoms. The van der Waals surface area contributed by atoms with Gasteiger partial charge in [-0.15, -0.1) is 0 Å². The average molecular weight is 445 g/mol. The molecule has 1 aliphatic rings. The summed E-state index contributed by atoms with van der Waals surface area (Å²) in [7, 11) is 1.21. The van der Waals surface area contributed by atoms with Crippen molar-refractivity contribution in [3.05, 3.63) is 59.0 Å². The van der Waals surface area contributed by atoms with E-state index in [0.29, 0.717) is 24.5 Å². The minimum atomic E-state index is -0.720. The lowest BCUT2D eigenvalue weighted by Crippen LogP contribution is -2.41. The van der Waals surface area contributed by atoms with Crippen LogP contribution < -0.4 is 4.74 Å². The zero-order chi connectivity index (χ0) is 23.3. The molecule has 0 unspecified atom stereocenters. The number of esters is 1. The number of halogens is 1. The van der Waals surface area contributed by atoms with E-state index in [1.54, 1.807) is 17.0 Å². The van der Waals surface area contributed by atoms with Crippen LogP contribution in [0.25, 0.3) is 0 Å². The van der Waals surface area contributed by atoms with Crippen LogP contribution >= 0.6 is 0 Å². The average Bonchev–Trinajstić information content (AvgIpc) is 2.76. The van der Waals surface area contributed by atoms with Crippen molar-refractivity contribution in [2.45, 2.75) is 51.7 Å². The second kappa shape index (κ2) is 9.97. The summed E-state index contributed by atoms with van der Waals surface area (Å²) in [5.74, 6) is -0.720. The highest BCUT2D eigenvalue weighted by molar-refractivity contribution is 5.89. The Morgan fingerprint density at radius 1 is 1.16 bits per heavy atom. The Labute approximate surface area is 187 Å². The number of ether oxygens (including phenoxy) is 3. The largest absolute Gasteiger partial charge is 0.473 e. The summed E-state index contributed by atoms with van der Waals surface area (Å²) >= 11 is 0. The lowest BCUT2D eigenvalue weighted by molar-refractivity contribution is 0.0203. The van der Waals surface area contributed by atoms with Crippen molar-refractivity contribution in [3.8, 4) is 5.88 Å². The van der Waals surface area contributed by atoms with Crippen LogP contribution in [0, 0.1) is 5.82 Å². The first-order chi connectivity index (χ1) is 15.2. The third-order valence-corrected chi connectivity index (χ3v) is 5.14. The van der Waals surface area contributed by atoms with Gasteiger partial charge < -0.3 is 19.1 Å². The van der Waals surface area contributed by atoms with Gasteiger partial charge in [-0.2, -0.15) is 0 Å². The van der Waals surface area contributed by atoms with Crippen LogP contribution in [0.4, 0.5) is 9.18 Å². The zero-order valence-electron chi connectivity index (χ0n) is 18.9. The van der Waals surface area contributed by atoms with Crippen LogP contribution in [0.15, 0.2) is 36.4 Å². The van der Waals surface area contributed by atoms with Gasteiger partial charge >= 0.3 is 12.1 Å². The molecule has 32 heavy (non-hydrogen) atoms. The van der Waals surface area contributed by atoms with Gasteiger partial charge in [-0.25, -0.2) is 19.0 Å². The highest BCUT2D eigenvalue weighted by Gasteiger charge is 2.28. The quantitative estimate of drug-likeness (QED) is 0.622. The number of aromatic nitrogens is 1. The van der Waals surface area contributed by atoms with Crippen molar-refractivity contribution in [3.63, 3.8) is 0 Å². The molecule has 0 spiro atoms. The molecule has 0 saturated carbocycles. The second-order valence-corrected chi connectivity index (χ2v) is 8.74. The van der Waals surface area contributed by atoms with Gasteiger partial charge in [-0.1, -0.05) is 12.1 Å². The highest BCUT2D eigenvalue weighted by atomic mass is 19.1. The van der Waals surface area contributed by atoms with E-state index in [1.807, 2.05) is 32.9 Å². The number of carbonyl (C=O) groups is 2. The Morgan fingerprint density at radius 2 is 1.88 bits per heavy atom. The van der Waals surface area contributed by atoms with Gasteiger partial charge in [0.2, 0.25) is 5.88 Å². The topological polar surface area (TPSA) is 78.0 Å². The van der Waals surface area contributed by atoms with E-state index in [9.17, 15) is 14.0 Å². The molecule has 1 fully saturated rings. The van der Waals surface area contributed by atoms with Crippen LogP contribution in [-0.2, 0) is 16.1 Å². The Balaban J connectivity index is 1.57. The lowest BCUT2D eigenvalue weighted by Gasteiger charge is -2.33. The molecular weight excluding hydrogens is 415 g/mol. The standard InChI is InChI=1S/C24H29FN2O5/c1-24(2,3)32-23(29)27-12-10-17(11-13-27)20-6-5-7-21(26-20)31-15-16-8-9-18(19(25)14-16)22(28)30-4/h5-9,14,17H,10-13,15H2,1-4H3. The number of amides is 1. The summed E-state index contributed by atoms with van der Waals surface area (Å²) in [5, 5.41) is 0. The predicted octanol–water partition coefficient (Wildman–Crippen LogP) is 4.70. The fraction of sp³-hybridized carbons (Fsp3) is 0.458. The normalized spacial score (nSPS) is 14.7. The fourth-order valence-electron chi connectivity index (χ4n) is 3.50. The molecule has 1 aromatic heterocycles. The SMILES string of the molecule is COC(=O)c1ccc(COc2cccc(C3CCN(C(=O)OC(C)(C)C)CC3)n2)cc1F. The third-order valence-electron chi connectivity index (χ3n) is 5.14. The molecule has 1 aromatic carbocycles. The number of likely N-dealkylation sites (tertiary alicyclic amines) is 1. The number of hydrogen-bond donors (Lipinski definition) is 0. The number of rotatable bonds is 5. The van der Waals surface area contributed by atoms with E-state index in [4.69, 9.17) is 9.47 Å². The molecule has 2 heterocycles. The third kappa shape index (κ3) is 6.18. The van der Waals surface area contributed by atoms with E-state index in [1.165, 1.54) is 19.2 Å². The molecule has 7 nitrogen and oxygen atoms in total. The minimum Gasteiger partial charge on any atom is -0.473 e. The number of nitrogens with zero attached hydrogens (tertiary/aromatic N) is 2. The molecule has 0 radical (unpaired) electrons. The first-order valence-electron chi connectivity index (χ1n) is 10.6. The minimum absolute atomic E-state index is 0.117. The summed E-state index contributed by atoms with van der Waals surface area (Å²) in [6, 6.07) is 9.82. The molecule has 1 aliphatic heterocycles. The fourth-order valence-corrected chi connectivity index (χ4v) is 3.50. The van der Waals surface area contributed by atoms with E-state index < -0.39 is 17.4 Å². The summed E-state index contributed by atoms with van der Waals surface area (Å²) < 4.78 is 29.8. The molecule has 0 N–H and O–H groups in total. The van der Waals surface area contributed by atoms with Crippen molar-refractivity contribution < 1.29 is 28.2 Å². The van der Waals surface area contributed by atoms with Gasteiger partial charge in [-0.05, 0) is 57.4 Å². The molecule has 0 bridgehead atoms. The summed E-state index contributed by atoms with van der Waals surface area (Å²) in [6.45, 7) is 6.90. The summed E-state index contributed by atoms with van der Waals surface area (Å²) in [6.07, 6.45) is 1.29. The van der Waals surface area contributed by atoms with Gasteiger partial charge in [0.1, 0.15) is 18.0 Å². The summed E-state index contributed by atoms with van der Waals surface area (Å²) in [5.41, 5.74) is 0.852. The second-order valence-electron chi connectivity index (χ2n) is 8.74. The van der Waals surface area contributed by atoms with Crippen LogP contribution in [0.5, 0.6) is 5.88 Å². The molecule has 0 atom stereocenters. The number of benzene rings is 1. The van der Waals surface area contributed by atoms with E-state index >= 15 is 0 Å². The number of methoxy groups -OCH3 is 1. The van der Waals surface area contributed by atoms with Crippen LogP contribution in [0.2, 0.25) is 0 Å². The van der Waals surface area contributed by atoms with Gasteiger partial charge in [-0.3, -0.25) is 0 Å². The Kier molecular flexibility index (Phi) is 7.33. The highest BCUT2D eigenvalue weighted by Crippen LogP contribution is 2.29. The van der Waals surface area contributed by atoms with Crippen molar-refractivity contribution in [2.75, 3.05) is 20.2 Å². The van der Waals surface area contributed by atoms with Crippen molar-refractivity contribution >= 4 is 12.1 Å². The molecular formula is C24H29FN2O5. The smallest absolute Gasteiger partial charge is 0.410 e. The van der Waals surface area contributed by atoms with Gasteiger partial charge in [0.15, 0.2) is 0 Å². The molecule has 1 amide bonds. The maximum absolute atomic E-state index is 14.1. The van der Waals surface area contributed by atoms with Crippen molar-refractivity contribution in [1.82, 2.24) is 9.88 Å². The van der Waals surface area contributed by atoms with Crippen molar-refractivity contribution in [2.24, 2.45) is 0 Å². The maximum atomic E-state index is 14.1. The molecule has 1 saturated heterocycles. The number of piperidine rings is 1. The molecule has 0 aliphatic carbocycles. The van der Waals surface area contributed by atoms with Gasteiger partial charge in [0.25, 0.3) is 0 Å². The number of pyridine rings is 1. The maximum Gasteiger partial charge on any atom is 0.410 e. The Bertz CT molecular complexity index is 965. The lowest BCUT2D eigenvalue weighted by atomic mass is 9.93. The van der Waals surface area contributed by atoms with E-state index in [2.05, 4.69) is 9.72 Å². The van der Waals surface area contributed by atoms with E-state index in [0.717, 1.165) is 18.5 Å². The molecule has 3 rings (SSSR count). The number of carbonyl (C=O) groups excluding carboxylic acids is 2. The zero-order valence-corrected chi connectivity index (χ0v) is 18.9. The predicted molar refractivity (Wildman–Crippen MR) is 116 cm³/mol. The first-order valence-corrected chi connectivity index (χ1v) is 10.6. The van der Waals surface area contributed by atoms with Crippen LogP contribution in [0.1, 0.15) is 61.1 Å². The van der Waals surface area contributed by atoms with Gasteiger partial charge in [0.05, 0.1) is 12.7 Å².